The maximum atomic E-state index is 13.8. The highest BCUT2D eigenvalue weighted by atomic mass is 79.9. The Hall–Kier alpha value is -3.59. The van der Waals surface area contributed by atoms with E-state index in [0.717, 1.165) is 28.5 Å². The predicted octanol–water partition coefficient (Wildman–Crippen LogP) is 4.23. The van der Waals surface area contributed by atoms with Crippen LogP contribution in [0.1, 0.15) is 33.2 Å². The first-order valence-electron chi connectivity index (χ1n) is 9.85. The zero-order chi connectivity index (χ0) is 22.7. The number of halogens is 2. The van der Waals surface area contributed by atoms with Crippen LogP contribution in [0.3, 0.4) is 0 Å². The molecule has 162 valence electrons. The Morgan fingerprint density at radius 3 is 2.50 bits per heavy atom. The van der Waals surface area contributed by atoms with Crippen LogP contribution >= 0.6 is 15.9 Å². The lowest BCUT2D eigenvalue weighted by atomic mass is 10.1. The standard InChI is InChI=1S/C23H19BrFN5O2/c1-13-11-27-21(28-13)14-2-4-15(5-3-14)22(31)29-19-8-7-17(25)10-18(19)23(32)30-20-9-6-16(24)12-26-20/h2-10,12-13H,11H2,1H3,(H,27,28)(H,29,31)(H,26,30,32). The van der Waals surface area contributed by atoms with Gasteiger partial charge in [0.15, 0.2) is 0 Å². The minimum atomic E-state index is -0.597. The molecule has 2 amide bonds. The van der Waals surface area contributed by atoms with Crippen LogP contribution in [0.25, 0.3) is 0 Å². The van der Waals surface area contributed by atoms with Crippen molar-refractivity contribution in [2.24, 2.45) is 4.99 Å². The van der Waals surface area contributed by atoms with Gasteiger partial charge in [0.1, 0.15) is 17.5 Å². The molecule has 0 saturated heterocycles. The number of hydrogen-bond donors (Lipinski definition) is 3. The lowest BCUT2D eigenvalue weighted by Gasteiger charge is -2.12. The molecule has 0 bridgehead atoms. The second-order valence-electron chi connectivity index (χ2n) is 7.24. The van der Waals surface area contributed by atoms with Gasteiger partial charge in [0.2, 0.25) is 0 Å². The van der Waals surface area contributed by atoms with Crippen LogP contribution in [-0.4, -0.2) is 35.2 Å². The number of hydrogen-bond acceptors (Lipinski definition) is 5. The molecule has 1 atom stereocenters. The number of carbonyl (C=O) groups is 2. The van der Waals surface area contributed by atoms with Crippen molar-refractivity contribution in [3.63, 3.8) is 0 Å². The second-order valence-corrected chi connectivity index (χ2v) is 8.16. The maximum absolute atomic E-state index is 13.8. The van der Waals surface area contributed by atoms with E-state index in [2.05, 4.69) is 41.9 Å². The Morgan fingerprint density at radius 2 is 1.84 bits per heavy atom. The van der Waals surface area contributed by atoms with Crippen molar-refractivity contribution < 1.29 is 14.0 Å². The molecule has 1 unspecified atom stereocenters. The van der Waals surface area contributed by atoms with E-state index >= 15 is 0 Å². The third-order valence-electron chi connectivity index (χ3n) is 4.78. The number of aromatic nitrogens is 1. The quantitative estimate of drug-likeness (QED) is 0.493. The van der Waals surface area contributed by atoms with Crippen LogP contribution in [0.15, 0.2) is 70.3 Å². The minimum Gasteiger partial charge on any atom is -0.368 e. The summed E-state index contributed by atoms with van der Waals surface area (Å²) in [6.45, 7) is 2.80. The van der Waals surface area contributed by atoms with Crippen molar-refractivity contribution in [1.29, 1.82) is 0 Å². The molecule has 1 aliphatic rings. The fourth-order valence-corrected chi connectivity index (χ4v) is 3.39. The minimum absolute atomic E-state index is 0.0156. The van der Waals surface area contributed by atoms with E-state index < -0.39 is 17.6 Å². The zero-order valence-corrected chi connectivity index (χ0v) is 18.6. The van der Waals surface area contributed by atoms with Crippen molar-refractivity contribution in [2.45, 2.75) is 13.0 Å². The largest absolute Gasteiger partial charge is 0.368 e. The molecule has 0 radical (unpaired) electrons. The Morgan fingerprint density at radius 1 is 1.06 bits per heavy atom. The summed E-state index contributed by atoms with van der Waals surface area (Å²) in [4.78, 5) is 34.0. The van der Waals surface area contributed by atoms with Crippen molar-refractivity contribution in [1.82, 2.24) is 10.3 Å². The molecule has 7 nitrogen and oxygen atoms in total. The highest BCUT2D eigenvalue weighted by Gasteiger charge is 2.18. The van der Waals surface area contributed by atoms with Gasteiger partial charge in [-0.3, -0.25) is 14.6 Å². The summed E-state index contributed by atoms with van der Waals surface area (Å²) in [5.74, 6) is -0.519. The number of carbonyl (C=O) groups excluding carboxylic acids is 2. The Labute approximate surface area is 192 Å². The normalized spacial score (nSPS) is 15.0. The molecule has 0 fully saturated rings. The molecule has 9 heteroatoms. The average Bonchev–Trinajstić information content (AvgIpc) is 3.23. The first kappa shape index (κ1) is 21.6. The van der Waals surface area contributed by atoms with Gasteiger partial charge in [-0.1, -0.05) is 12.1 Å². The van der Waals surface area contributed by atoms with Gasteiger partial charge in [0.05, 0.1) is 17.3 Å². The fourth-order valence-electron chi connectivity index (χ4n) is 3.15. The zero-order valence-electron chi connectivity index (χ0n) is 17.0. The molecule has 32 heavy (non-hydrogen) atoms. The summed E-state index contributed by atoms with van der Waals surface area (Å²) in [7, 11) is 0. The number of amidine groups is 1. The van der Waals surface area contributed by atoms with Crippen LogP contribution in [0.5, 0.6) is 0 Å². The van der Waals surface area contributed by atoms with Crippen LogP contribution in [0, 0.1) is 5.82 Å². The average molecular weight is 496 g/mol. The number of pyridine rings is 1. The molecule has 3 aromatic rings. The predicted molar refractivity (Wildman–Crippen MR) is 125 cm³/mol. The molecule has 0 spiro atoms. The fraction of sp³-hybridized carbons (Fsp3) is 0.130. The van der Waals surface area contributed by atoms with E-state index in [9.17, 15) is 14.0 Å². The summed E-state index contributed by atoms with van der Waals surface area (Å²) in [6.07, 6.45) is 1.53. The number of aliphatic imine (C=N–C) groups is 1. The number of amides is 2. The molecule has 1 aromatic heterocycles. The first-order chi connectivity index (χ1) is 15.4. The molecule has 3 N–H and O–H groups in total. The van der Waals surface area contributed by atoms with Crippen molar-refractivity contribution in [2.75, 3.05) is 17.2 Å². The van der Waals surface area contributed by atoms with Crippen LogP contribution < -0.4 is 16.0 Å². The smallest absolute Gasteiger partial charge is 0.259 e. The van der Waals surface area contributed by atoms with E-state index in [-0.39, 0.29) is 17.3 Å². The molecule has 1 aliphatic heterocycles. The number of nitrogens with one attached hydrogen (secondary N) is 3. The van der Waals surface area contributed by atoms with Crippen LogP contribution in [0.4, 0.5) is 15.9 Å². The Kier molecular flexibility index (Phi) is 6.27. The van der Waals surface area contributed by atoms with E-state index in [0.29, 0.717) is 11.4 Å². The van der Waals surface area contributed by atoms with E-state index in [4.69, 9.17) is 0 Å². The highest BCUT2D eigenvalue weighted by molar-refractivity contribution is 9.10. The molecular formula is C23H19BrFN5O2. The topological polar surface area (TPSA) is 95.5 Å². The third kappa shape index (κ3) is 5.00. The van der Waals surface area contributed by atoms with Gasteiger partial charge in [-0.05, 0) is 65.3 Å². The van der Waals surface area contributed by atoms with Gasteiger partial charge in [-0.15, -0.1) is 0 Å². The molecule has 0 aliphatic carbocycles. The molecule has 2 heterocycles. The van der Waals surface area contributed by atoms with Gasteiger partial charge in [0.25, 0.3) is 11.8 Å². The van der Waals surface area contributed by atoms with Gasteiger partial charge in [-0.2, -0.15) is 0 Å². The summed E-state index contributed by atoms with van der Waals surface area (Å²) in [6, 6.07) is 14.1. The van der Waals surface area contributed by atoms with Crippen LogP contribution in [-0.2, 0) is 0 Å². The van der Waals surface area contributed by atoms with Gasteiger partial charge >= 0.3 is 0 Å². The number of nitrogens with zero attached hydrogens (tertiary/aromatic N) is 2. The monoisotopic (exact) mass is 495 g/mol. The summed E-state index contributed by atoms with van der Waals surface area (Å²) in [5.41, 5.74) is 1.45. The van der Waals surface area contributed by atoms with E-state index in [1.807, 2.05) is 6.92 Å². The van der Waals surface area contributed by atoms with E-state index in [1.54, 1.807) is 36.4 Å². The van der Waals surface area contributed by atoms with Crippen LogP contribution in [0.2, 0.25) is 0 Å². The third-order valence-corrected chi connectivity index (χ3v) is 5.25. The summed E-state index contributed by atoms with van der Waals surface area (Å²) in [5, 5.41) is 8.51. The summed E-state index contributed by atoms with van der Waals surface area (Å²) < 4.78 is 14.6. The van der Waals surface area contributed by atoms with Gasteiger partial charge in [0, 0.05) is 28.3 Å². The van der Waals surface area contributed by atoms with Gasteiger partial charge < -0.3 is 16.0 Å². The SMILES string of the molecule is CC1CNC(c2ccc(C(=O)Nc3ccc(F)cc3C(=O)Nc3ccc(Br)cn3)cc2)=N1. The van der Waals surface area contributed by atoms with Crippen molar-refractivity contribution >= 4 is 45.1 Å². The Bertz CT molecular complexity index is 1200. The summed E-state index contributed by atoms with van der Waals surface area (Å²) >= 11 is 3.27. The lowest BCUT2D eigenvalue weighted by Crippen LogP contribution is -2.21. The molecule has 0 saturated carbocycles. The first-order valence-corrected chi connectivity index (χ1v) is 10.6. The second kappa shape index (κ2) is 9.27. The van der Waals surface area contributed by atoms with Crippen molar-refractivity contribution in [3.8, 4) is 0 Å². The number of anilines is 2. The van der Waals surface area contributed by atoms with Gasteiger partial charge in [-0.25, -0.2) is 9.37 Å². The molecular weight excluding hydrogens is 477 g/mol. The maximum Gasteiger partial charge on any atom is 0.259 e. The molecule has 4 rings (SSSR count). The highest BCUT2D eigenvalue weighted by Crippen LogP contribution is 2.20. The van der Waals surface area contributed by atoms with Crippen molar-refractivity contribution in [3.05, 3.63) is 87.8 Å². The van der Waals surface area contributed by atoms with E-state index in [1.165, 1.54) is 18.3 Å². The Balaban J connectivity index is 1.51. The number of rotatable bonds is 5. The molecule has 2 aromatic carbocycles. The lowest BCUT2D eigenvalue weighted by molar-refractivity contribution is 0.102. The number of benzene rings is 2.